The van der Waals surface area contributed by atoms with Crippen molar-refractivity contribution in [1.29, 1.82) is 0 Å². The summed E-state index contributed by atoms with van der Waals surface area (Å²) in [6.07, 6.45) is 2.74. The fourth-order valence-corrected chi connectivity index (χ4v) is 2.46. The van der Waals surface area contributed by atoms with Crippen LogP contribution in [0.3, 0.4) is 0 Å². The average Bonchev–Trinajstić information content (AvgIpc) is 2.82. The van der Waals surface area contributed by atoms with Gasteiger partial charge in [0.1, 0.15) is 11.6 Å². The van der Waals surface area contributed by atoms with Crippen molar-refractivity contribution < 1.29 is 4.74 Å². The maximum absolute atomic E-state index is 5.07. The Labute approximate surface area is 105 Å². The molecule has 2 aromatic heterocycles. The van der Waals surface area contributed by atoms with Gasteiger partial charge in [-0.25, -0.2) is 4.98 Å². The number of anilines is 1. The van der Waals surface area contributed by atoms with Crippen LogP contribution in [0.15, 0.2) is 35.8 Å². The smallest absolute Gasteiger partial charge is 0.137 e. The van der Waals surface area contributed by atoms with Crippen molar-refractivity contribution >= 4 is 17.2 Å². The highest BCUT2D eigenvalue weighted by atomic mass is 32.1. The van der Waals surface area contributed by atoms with Crippen molar-refractivity contribution in [2.75, 3.05) is 12.4 Å². The van der Waals surface area contributed by atoms with Crippen LogP contribution < -0.4 is 10.1 Å². The average molecular weight is 248 g/mol. The van der Waals surface area contributed by atoms with E-state index in [4.69, 9.17) is 4.74 Å². The van der Waals surface area contributed by atoms with E-state index in [-0.39, 0.29) is 0 Å². The molecule has 0 saturated heterocycles. The van der Waals surface area contributed by atoms with E-state index in [0.29, 0.717) is 6.04 Å². The van der Waals surface area contributed by atoms with Gasteiger partial charge in [0.25, 0.3) is 0 Å². The first kappa shape index (κ1) is 11.9. The lowest BCUT2D eigenvalue weighted by atomic mass is 10.2. The highest BCUT2D eigenvalue weighted by Crippen LogP contribution is 2.15. The number of hydrogen-bond acceptors (Lipinski definition) is 4. The zero-order chi connectivity index (χ0) is 12.1. The minimum Gasteiger partial charge on any atom is -0.495 e. The minimum atomic E-state index is 0.370. The molecule has 17 heavy (non-hydrogen) atoms. The number of rotatable bonds is 5. The number of thiophene rings is 1. The van der Waals surface area contributed by atoms with E-state index in [2.05, 4.69) is 34.7 Å². The predicted octanol–water partition coefficient (Wildman–Crippen LogP) is 3.19. The van der Waals surface area contributed by atoms with Crippen molar-refractivity contribution in [3.8, 4) is 5.75 Å². The highest BCUT2D eigenvalue weighted by Gasteiger charge is 2.05. The topological polar surface area (TPSA) is 34.1 Å². The third kappa shape index (κ3) is 3.46. The van der Waals surface area contributed by atoms with Crippen LogP contribution in [0, 0.1) is 0 Å². The summed E-state index contributed by atoms with van der Waals surface area (Å²) >= 11 is 1.79. The lowest BCUT2D eigenvalue weighted by Crippen LogP contribution is -2.18. The van der Waals surface area contributed by atoms with Crippen molar-refractivity contribution in [2.45, 2.75) is 19.4 Å². The fraction of sp³-hybridized carbons (Fsp3) is 0.308. The lowest BCUT2D eigenvalue weighted by molar-refractivity contribution is 0.413. The quantitative estimate of drug-likeness (QED) is 0.882. The molecular formula is C13H16N2OS. The van der Waals surface area contributed by atoms with Crippen molar-refractivity contribution in [3.63, 3.8) is 0 Å². The number of aromatic nitrogens is 1. The molecule has 1 N–H and O–H groups in total. The summed E-state index contributed by atoms with van der Waals surface area (Å²) in [6, 6.07) is 8.45. The Morgan fingerprint density at radius 1 is 1.41 bits per heavy atom. The summed E-state index contributed by atoms with van der Waals surface area (Å²) in [5, 5.41) is 5.48. The molecule has 0 aliphatic heterocycles. The number of nitrogens with zero attached hydrogens (tertiary/aromatic N) is 1. The van der Waals surface area contributed by atoms with E-state index < -0.39 is 0 Å². The molecule has 0 bridgehead atoms. The molecule has 2 heterocycles. The molecule has 1 atom stereocenters. The van der Waals surface area contributed by atoms with E-state index in [1.165, 1.54) is 4.88 Å². The fourth-order valence-electron chi connectivity index (χ4n) is 1.62. The normalized spacial score (nSPS) is 12.1. The monoisotopic (exact) mass is 248 g/mol. The van der Waals surface area contributed by atoms with Gasteiger partial charge in [0.2, 0.25) is 0 Å². The number of hydrogen-bond donors (Lipinski definition) is 1. The standard InChI is InChI=1S/C13H16N2OS/c1-10(8-12-4-3-7-17-12)15-13-6-5-11(16-2)9-14-13/h3-7,9-10H,8H2,1-2H3,(H,14,15). The van der Waals surface area contributed by atoms with Gasteiger partial charge in [0.05, 0.1) is 13.3 Å². The van der Waals surface area contributed by atoms with E-state index in [1.54, 1.807) is 24.6 Å². The van der Waals surface area contributed by atoms with Crippen LogP contribution in [0.4, 0.5) is 5.82 Å². The van der Waals surface area contributed by atoms with Gasteiger partial charge in [-0.3, -0.25) is 0 Å². The number of nitrogens with one attached hydrogen (secondary N) is 1. The molecule has 0 aliphatic rings. The maximum Gasteiger partial charge on any atom is 0.137 e. The van der Waals surface area contributed by atoms with Crippen LogP contribution in [0.25, 0.3) is 0 Å². The molecule has 0 amide bonds. The second-order valence-electron chi connectivity index (χ2n) is 3.91. The number of ether oxygens (including phenoxy) is 1. The molecule has 4 heteroatoms. The number of pyridine rings is 1. The third-order valence-corrected chi connectivity index (χ3v) is 3.35. The molecule has 3 nitrogen and oxygen atoms in total. The summed E-state index contributed by atoms with van der Waals surface area (Å²) < 4.78 is 5.07. The molecule has 0 radical (unpaired) electrons. The molecule has 0 aliphatic carbocycles. The highest BCUT2D eigenvalue weighted by molar-refractivity contribution is 7.09. The first-order valence-electron chi connectivity index (χ1n) is 5.57. The Morgan fingerprint density at radius 2 is 2.29 bits per heavy atom. The lowest BCUT2D eigenvalue weighted by Gasteiger charge is -2.13. The Balaban J connectivity index is 1.91. The SMILES string of the molecule is COc1ccc(NC(C)Cc2cccs2)nc1. The van der Waals surface area contributed by atoms with Crippen LogP contribution in [0.2, 0.25) is 0 Å². The zero-order valence-electron chi connectivity index (χ0n) is 10.0. The summed E-state index contributed by atoms with van der Waals surface area (Å²) in [7, 11) is 1.64. The second kappa shape index (κ2) is 5.68. The largest absolute Gasteiger partial charge is 0.495 e. The molecule has 2 rings (SSSR count). The zero-order valence-corrected chi connectivity index (χ0v) is 10.8. The van der Waals surface area contributed by atoms with Gasteiger partial charge in [0, 0.05) is 17.3 Å². The van der Waals surface area contributed by atoms with E-state index in [1.807, 2.05) is 12.1 Å². The summed E-state index contributed by atoms with van der Waals surface area (Å²) in [5.74, 6) is 1.66. The minimum absolute atomic E-state index is 0.370. The van der Waals surface area contributed by atoms with Gasteiger partial charge in [-0.05, 0) is 30.5 Å². The molecule has 0 saturated carbocycles. The van der Waals surface area contributed by atoms with Crippen LogP contribution in [-0.4, -0.2) is 18.1 Å². The van der Waals surface area contributed by atoms with Crippen molar-refractivity contribution in [1.82, 2.24) is 4.98 Å². The van der Waals surface area contributed by atoms with Crippen molar-refractivity contribution in [2.24, 2.45) is 0 Å². The second-order valence-corrected chi connectivity index (χ2v) is 4.94. The number of methoxy groups -OCH3 is 1. The maximum atomic E-state index is 5.07. The molecule has 2 aromatic rings. The first-order valence-corrected chi connectivity index (χ1v) is 6.45. The summed E-state index contributed by atoms with van der Waals surface area (Å²) in [6.45, 7) is 2.16. The van der Waals surface area contributed by atoms with Gasteiger partial charge in [-0.2, -0.15) is 0 Å². The summed E-state index contributed by atoms with van der Waals surface area (Å²) in [4.78, 5) is 5.67. The molecule has 90 valence electrons. The van der Waals surface area contributed by atoms with E-state index in [0.717, 1.165) is 18.0 Å². The Morgan fingerprint density at radius 3 is 2.88 bits per heavy atom. The van der Waals surface area contributed by atoms with Gasteiger partial charge in [-0.1, -0.05) is 6.07 Å². The molecular weight excluding hydrogens is 232 g/mol. The van der Waals surface area contributed by atoms with Crippen LogP contribution in [-0.2, 0) is 6.42 Å². The van der Waals surface area contributed by atoms with Crippen LogP contribution in [0.1, 0.15) is 11.8 Å². The van der Waals surface area contributed by atoms with Gasteiger partial charge in [0.15, 0.2) is 0 Å². The Hall–Kier alpha value is -1.55. The van der Waals surface area contributed by atoms with E-state index in [9.17, 15) is 0 Å². The first-order chi connectivity index (χ1) is 8.28. The summed E-state index contributed by atoms with van der Waals surface area (Å²) in [5.41, 5.74) is 0. The van der Waals surface area contributed by atoms with Crippen LogP contribution >= 0.6 is 11.3 Å². The van der Waals surface area contributed by atoms with E-state index >= 15 is 0 Å². The molecule has 0 aromatic carbocycles. The Kier molecular flexibility index (Phi) is 3.98. The molecule has 0 fully saturated rings. The molecule has 1 unspecified atom stereocenters. The van der Waals surface area contributed by atoms with Gasteiger partial charge in [-0.15, -0.1) is 11.3 Å². The van der Waals surface area contributed by atoms with Crippen LogP contribution in [0.5, 0.6) is 5.75 Å². The third-order valence-electron chi connectivity index (χ3n) is 2.45. The molecule has 0 spiro atoms. The van der Waals surface area contributed by atoms with Gasteiger partial charge < -0.3 is 10.1 Å². The van der Waals surface area contributed by atoms with Crippen molar-refractivity contribution in [3.05, 3.63) is 40.7 Å². The Bertz CT molecular complexity index is 439. The predicted molar refractivity (Wildman–Crippen MR) is 71.9 cm³/mol. The van der Waals surface area contributed by atoms with Gasteiger partial charge >= 0.3 is 0 Å².